The molecule has 0 aliphatic rings. The van der Waals surface area contributed by atoms with Gasteiger partial charge in [-0.15, -0.1) is 0 Å². The Hall–Kier alpha value is -0.683. The maximum absolute atomic E-state index is 5.82. The summed E-state index contributed by atoms with van der Waals surface area (Å²) < 4.78 is 16.4. The lowest BCUT2D eigenvalue weighted by Crippen LogP contribution is -2.40. The summed E-state index contributed by atoms with van der Waals surface area (Å²) in [6, 6.07) is 10.0. The summed E-state index contributed by atoms with van der Waals surface area (Å²) >= 11 is 0. The highest BCUT2D eigenvalue weighted by Crippen LogP contribution is 2.21. The SMILES string of the molecule is CO[Si](C)(OC)OC(C)c1ccccc1. The molecule has 0 aliphatic carbocycles. The van der Waals surface area contributed by atoms with Crippen LogP contribution in [-0.4, -0.2) is 23.0 Å². The van der Waals surface area contributed by atoms with Crippen molar-refractivity contribution in [2.75, 3.05) is 14.2 Å². The third-order valence-electron chi connectivity index (χ3n) is 2.40. The Morgan fingerprint density at radius 1 is 1.07 bits per heavy atom. The normalized spacial score (nSPS) is 13.9. The first-order valence-corrected chi connectivity index (χ1v) is 7.17. The summed E-state index contributed by atoms with van der Waals surface area (Å²) in [6.07, 6.45) is -0.0113. The topological polar surface area (TPSA) is 27.7 Å². The molecule has 1 rings (SSSR count). The lowest BCUT2D eigenvalue weighted by molar-refractivity contribution is 0.0687. The third-order valence-corrected chi connectivity index (χ3v) is 4.67. The molecule has 0 saturated heterocycles. The summed E-state index contributed by atoms with van der Waals surface area (Å²) in [4.78, 5) is 0. The van der Waals surface area contributed by atoms with Crippen molar-refractivity contribution in [1.82, 2.24) is 0 Å². The summed E-state index contributed by atoms with van der Waals surface area (Å²) in [6.45, 7) is 3.88. The van der Waals surface area contributed by atoms with Gasteiger partial charge in [0.1, 0.15) is 0 Å². The zero-order valence-corrected chi connectivity index (χ0v) is 10.7. The van der Waals surface area contributed by atoms with Crippen LogP contribution in [0, 0.1) is 0 Å². The molecule has 4 heteroatoms. The van der Waals surface area contributed by atoms with E-state index in [0.29, 0.717) is 0 Å². The van der Waals surface area contributed by atoms with Gasteiger partial charge < -0.3 is 13.3 Å². The molecule has 15 heavy (non-hydrogen) atoms. The Labute approximate surface area is 92.3 Å². The Balaban J connectivity index is 2.67. The van der Waals surface area contributed by atoms with E-state index in [-0.39, 0.29) is 6.10 Å². The minimum absolute atomic E-state index is 0.0113. The quantitative estimate of drug-likeness (QED) is 0.722. The molecule has 1 atom stereocenters. The van der Waals surface area contributed by atoms with Crippen molar-refractivity contribution in [3.8, 4) is 0 Å². The maximum atomic E-state index is 5.82. The number of benzene rings is 1. The van der Waals surface area contributed by atoms with E-state index in [9.17, 15) is 0 Å². The molecule has 0 radical (unpaired) electrons. The van der Waals surface area contributed by atoms with E-state index in [4.69, 9.17) is 13.3 Å². The zero-order chi connectivity index (χ0) is 11.3. The summed E-state index contributed by atoms with van der Waals surface area (Å²) in [5.74, 6) is 0. The van der Waals surface area contributed by atoms with Gasteiger partial charge in [-0.3, -0.25) is 0 Å². The van der Waals surface area contributed by atoms with Gasteiger partial charge in [0.05, 0.1) is 6.10 Å². The monoisotopic (exact) mass is 226 g/mol. The average Bonchev–Trinajstić information content (AvgIpc) is 2.30. The molecule has 0 spiro atoms. The molecule has 0 fully saturated rings. The minimum atomic E-state index is -2.44. The van der Waals surface area contributed by atoms with Gasteiger partial charge >= 0.3 is 8.80 Å². The van der Waals surface area contributed by atoms with E-state index in [1.54, 1.807) is 14.2 Å². The van der Waals surface area contributed by atoms with Crippen molar-refractivity contribution < 1.29 is 13.3 Å². The van der Waals surface area contributed by atoms with Crippen molar-refractivity contribution in [2.45, 2.75) is 19.6 Å². The molecular formula is C11H18O3Si. The Kier molecular flexibility index (Phi) is 4.47. The molecule has 1 aromatic rings. The van der Waals surface area contributed by atoms with Crippen LogP contribution in [0.25, 0.3) is 0 Å². The van der Waals surface area contributed by atoms with Crippen LogP contribution in [0.1, 0.15) is 18.6 Å². The Bertz CT molecular complexity index is 285. The molecule has 0 N–H and O–H groups in total. The van der Waals surface area contributed by atoms with Gasteiger partial charge in [0, 0.05) is 20.8 Å². The molecule has 0 bridgehead atoms. The van der Waals surface area contributed by atoms with Crippen molar-refractivity contribution in [3.63, 3.8) is 0 Å². The Morgan fingerprint density at radius 3 is 2.07 bits per heavy atom. The van der Waals surface area contributed by atoms with Crippen LogP contribution in [-0.2, 0) is 13.3 Å². The highest BCUT2D eigenvalue weighted by atomic mass is 28.4. The molecular weight excluding hydrogens is 208 g/mol. The van der Waals surface area contributed by atoms with Crippen LogP contribution >= 0.6 is 0 Å². The zero-order valence-electron chi connectivity index (χ0n) is 9.69. The van der Waals surface area contributed by atoms with Crippen LogP contribution in [0.15, 0.2) is 30.3 Å². The van der Waals surface area contributed by atoms with E-state index < -0.39 is 8.80 Å². The van der Waals surface area contributed by atoms with Gasteiger partial charge in [0.25, 0.3) is 0 Å². The van der Waals surface area contributed by atoms with Crippen LogP contribution in [0.5, 0.6) is 0 Å². The first-order valence-electron chi connectivity index (χ1n) is 4.94. The van der Waals surface area contributed by atoms with E-state index in [1.807, 2.05) is 43.8 Å². The predicted octanol–water partition coefficient (Wildman–Crippen LogP) is 2.63. The fraction of sp³-hybridized carbons (Fsp3) is 0.455. The van der Waals surface area contributed by atoms with Gasteiger partial charge in [0.2, 0.25) is 0 Å². The second kappa shape index (κ2) is 5.41. The molecule has 0 aromatic heterocycles. The fourth-order valence-electron chi connectivity index (χ4n) is 1.29. The summed E-state index contributed by atoms with van der Waals surface area (Å²) in [5, 5.41) is 0. The second-order valence-corrected chi connectivity index (χ2v) is 6.22. The molecule has 3 nitrogen and oxygen atoms in total. The van der Waals surface area contributed by atoms with E-state index in [0.717, 1.165) is 5.56 Å². The van der Waals surface area contributed by atoms with Crippen molar-refractivity contribution in [3.05, 3.63) is 35.9 Å². The predicted molar refractivity (Wildman–Crippen MR) is 61.6 cm³/mol. The smallest absolute Gasteiger partial charge is 0.377 e. The van der Waals surface area contributed by atoms with Crippen LogP contribution < -0.4 is 0 Å². The molecule has 0 heterocycles. The van der Waals surface area contributed by atoms with Crippen molar-refractivity contribution in [1.29, 1.82) is 0 Å². The second-order valence-electron chi connectivity index (χ2n) is 3.44. The highest BCUT2D eigenvalue weighted by molar-refractivity contribution is 6.59. The first kappa shape index (κ1) is 12.4. The lowest BCUT2D eigenvalue weighted by Gasteiger charge is -2.26. The molecule has 0 saturated carbocycles. The van der Waals surface area contributed by atoms with Gasteiger partial charge in [-0.25, -0.2) is 0 Å². The number of hydrogen-bond acceptors (Lipinski definition) is 3. The molecule has 0 aliphatic heterocycles. The molecule has 84 valence electrons. The van der Waals surface area contributed by atoms with Crippen LogP contribution in [0.3, 0.4) is 0 Å². The fourth-order valence-corrected chi connectivity index (χ4v) is 2.43. The maximum Gasteiger partial charge on any atom is 0.497 e. The largest absolute Gasteiger partial charge is 0.497 e. The molecule has 0 amide bonds. The van der Waals surface area contributed by atoms with E-state index in [1.165, 1.54) is 0 Å². The van der Waals surface area contributed by atoms with Crippen molar-refractivity contribution in [2.24, 2.45) is 0 Å². The number of hydrogen-bond donors (Lipinski definition) is 0. The van der Waals surface area contributed by atoms with Gasteiger partial charge in [-0.1, -0.05) is 30.3 Å². The standard InChI is InChI=1S/C11H18O3Si/c1-10(11-8-6-5-7-9-11)14-15(4,12-2)13-3/h5-10H,1-4H3. The van der Waals surface area contributed by atoms with Crippen LogP contribution in [0.4, 0.5) is 0 Å². The first-order chi connectivity index (χ1) is 7.11. The number of rotatable bonds is 5. The molecule has 1 aromatic carbocycles. The molecule has 1 unspecified atom stereocenters. The summed E-state index contributed by atoms with van der Waals surface area (Å²) in [7, 11) is 0.794. The van der Waals surface area contributed by atoms with Gasteiger partial charge in [-0.05, 0) is 12.5 Å². The van der Waals surface area contributed by atoms with E-state index >= 15 is 0 Å². The van der Waals surface area contributed by atoms with Crippen LogP contribution in [0.2, 0.25) is 6.55 Å². The average molecular weight is 226 g/mol. The van der Waals surface area contributed by atoms with E-state index in [2.05, 4.69) is 0 Å². The lowest BCUT2D eigenvalue weighted by atomic mass is 10.1. The van der Waals surface area contributed by atoms with Gasteiger partial charge in [0.15, 0.2) is 0 Å². The van der Waals surface area contributed by atoms with Gasteiger partial charge in [-0.2, -0.15) is 0 Å². The highest BCUT2D eigenvalue weighted by Gasteiger charge is 2.34. The summed E-state index contributed by atoms with van der Waals surface area (Å²) in [5.41, 5.74) is 1.13. The van der Waals surface area contributed by atoms with Crippen molar-refractivity contribution >= 4 is 8.80 Å². The Morgan fingerprint density at radius 2 is 1.60 bits per heavy atom. The minimum Gasteiger partial charge on any atom is -0.377 e. The third kappa shape index (κ3) is 3.42.